The van der Waals surface area contributed by atoms with Gasteiger partial charge in [-0.25, -0.2) is 4.98 Å². The van der Waals surface area contributed by atoms with Gasteiger partial charge in [-0.05, 0) is 29.7 Å². The lowest BCUT2D eigenvalue weighted by Gasteiger charge is -2.18. The van der Waals surface area contributed by atoms with Gasteiger partial charge in [-0.3, -0.25) is 4.79 Å². The minimum Gasteiger partial charge on any atom is -0.347 e. The molecule has 5 heteroatoms. The van der Waals surface area contributed by atoms with E-state index in [1.807, 2.05) is 71.4 Å². The van der Waals surface area contributed by atoms with Crippen LogP contribution in [0, 0.1) is 0 Å². The van der Waals surface area contributed by atoms with Crippen molar-refractivity contribution in [2.75, 3.05) is 0 Å². The van der Waals surface area contributed by atoms with Crippen LogP contribution in [0.4, 0.5) is 0 Å². The van der Waals surface area contributed by atoms with E-state index >= 15 is 0 Å². The molecule has 2 aromatic heterocycles. The third-order valence-corrected chi connectivity index (χ3v) is 5.39. The highest BCUT2D eigenvalue weighted by atomic mass is 16.1. The lowest BCUT2D eigenvalue weighted by atomic mass is 10.1. The Labute approximate surface area is 162 Å². The molecule has 2 aromatic carbocycles. The molecule has 1 amide bonds. The SMILES string of the molecule is NC1c2ccccc2CC1NC(=O)c1ccc2nc(-c3ccccc3)cn2c1. The number of aromatic nitrogens is 2. The zero-order valence-electron chi connectivity index (χ0n) is 15.2. The summed E-state index contributed by atoms with van der Waals surface area (Å²) in [6.07, 6.45) is 4.52. The van der Waals surface area contributed by atoms with Gasteiger partial charge in [-0.1, -0.05) is 54.6 Å². The maximum atomic E-state index is 12.8. The number of hydrogen-bond donors (Lipinski definition) is 2. The Bertz CT molecular complexity index is 1170. The van der Waals surface area contributed by atoms with Crippen LogP contribution in [-0.2, 0) is 6.42 Å². The topological polar surface area (TPSA) is 72.4 Å². The van der Waals surface area contributed by atoms with Crippen LogP contribution in [0.1, 0.15) is 27.5 Å². The van der Waals surface area contributed by atoms with E-state index in [0.717, 1.165) is 28.9 Å². The van der Waals surface area contributed by atoms with Crippen LogP contribution < -0.4 is 11.1 Å². The number of nitrogens with two attached hydrogens (primary N) is 1. The molecule has 0 bridgehead atoms. The summed E-state index contributed by atoms with van der Waals surface area (Å²) in [5.74, 6) is -0.120. The summed E-state index contributed by atoms with van der Waals surface area (Å²) in [5, 5.41) is 3.10. The molecule has 1 aliphatic carbocycles. The Morgan fingerprint density at radius 3 is 2.61 bits per heavy atom. The van der Waals surface area contributed by atoms with Gasteiger partial charge in [0.2, 0.25) is 0 Å². The Balaban J connectivity index is 1.38. The average molecular weight is 368 g/mol. The highest BCUT2D eigenvalue weighted by Gasteiger charge is 2.30. The molecular weight excluding hydrogens is 348 g/mol. The zero-order valence-corrected chi connectivity index (χ0v) is 15.2. The number of rotatable bonds is 3. The lowest BCUT2D eigenvalue weighted by Crippen LogP contribution is -2.40. The summed E-state index contributed by atoms with van der Waals surface area (Å²) in [5.41, 5.74) is 12.0. The smallest absolute Gasteiger partial charge is 0.253 e. The quantitative estimate of drug-likeness (QED) is 0.582. The van der Waals surface area contributed by atoms with Gasteiger partial charge in [0.05, 0.1) is 23.3 Å². The van der Waals surface area contributed by atoms with E-state index in [1.54, 1.807) is 6.07 Å². The molecular formula is C23H20N4O. The Morgan fingerprint density at radius 2 is 1.79 bits per heavy atom. The van der Waals surface area contributed by atoms with Crippen molar-refractivity contribution in [2.45, 2.75) is 18.5 Å². The van der Waals surface area contributed by atoms with Crippen molar-refractivity contribution in [3.05, 3.63) is 95.8 Å². The molecule has 2 atom stereocenters. The molecule has 3 N–H and O–H groups in total. The standard InChI is InChI=1S/C23H20N4O/c24-22-18-9-5-4-8-16(18)12-19(22)26-23(28)17-10-11-21-25-20(14-27(21)13-17)15-6-2-1-3-7-15/h1-11,13-14,19,22H,12,24H2,(H,26,28). The number of hydrogen-bond acceptors (Lipinski definition) is 3. The van der Waals surface area contributed by atoms with Gasteiger partial charge < -0.3 is 15.5 Å². The first-order chi connectivity index (χ1) is 13.7. The molecule has 0 radical (unpaired) electrons. The summed E-state index contributed by atoms with van der Waals surface area (Å²) in [7, 11) is 0. The number of carbonyl (C=O) groups is 1. The van der Waals surface area contributed by atoms with Crippen molar-refractivity contribution >= 4 is 11.6 Å². The van der Waals surface area contributed by atoms with E-state index in [2.05, 4.69) is 16.4 Å². The second-order valence-corrected chi connectivity index (χ2v) is 7.18. The molecule has 5 nitrogen and oxygen atoms in total. The van der Waals surface area contributed by atoms with E-state index in [9.17, 15) is 4.79 Å². The molecule has 28 heavy (non-hydrogen) atoms. The molecule has 0 fully saturated rings. The summed E-state index contributed by atoms with van der Waals surface area (Å²) >= 11 is 0. The maximum absolute atomic E-state index is 12.8. The molecule has 5 rings (SSSR count). The third kappa shape index (κ3) is 2.86. The largest absolute Gasteiger partial charge is 0.347 e. The monoisotopic (exact) mass is 368 g/mol. The normalized spacial score (nSPS) is 18.2. The molecule has 138 valence electrons. The molecule has 0 saturated carbocycles. The number of imidazole rings is 1. The van der Waals surface area contributed by atoms with Gasteiger partial charge in [0.1, 0.15) is 5.65 Å². The predicted octanol–water partition coefficient (Wildman–Crippen LogP) is 3.36. The molecule has 0 spiro atoms. The van der Waals surface area contributed by atoms with Crippen molar-refractivity contribution in [1.82, 2.24) is 14.7 Å². The molecule has 0 saturated heterocycles. The van der Waals surface area contributed by atoms with Crippen LogP contribution in [0.2, 0.25) is 0 Å². The molecule has 4 aromatic rings. The summed E-state index contributed by atoms with van der Waals surface area (Å²) in [4.78, 5) is 17.5. The van der Waals surface area contributed by atoms with Crippen molar-refractivity contribution in [3.63, 3.8) is 0 Å². The van der Waals surface area contributed by atoms with Crippen molar-refractivity contribution in [1.29, 1.82) is 0 Å². The van der Waals surface area contributed by atoms with Gasteiger partial charge in [0.15, 0.2) is 0 Å². The minimum atomic E-state index is -0.179. The number of benzene rings is 2. The van der Waals surface area contributed by atoms with Crippen molar-refractivity contribution < 1.29 is 4.79 Å². The predicted molar refractivity (Wildman–Crippen MR) is 109 cm³/mol. The minimum absolute atomic E-state index is 0.0942. The van der Waals surface area contributed by atoms with Crippen molar-refractivity contribution in [2.24, 2.45) is 5.73 Å². The fraction of sp³-hybridized carbons (Fsp3) is 0.130. The van der Waals surface area contributed by atoms with Crippen LogP contribution in [0.15, 0.2) is 79.1 Å². The molecule has 1 aliphatic rings. The van der Waals surface area contributed by atoms with Gasteiger partial charge >= 0.3 is 0 Å². The van der Waals surface area contributed by atoms with E-state index in [1.165, 1.54) is 5.56 Å². The molecule has 2 unspecified atom stereocenters. The number of nitrogens with zero attached hydrogens (tertiary/aromatic N) is 2. The summed E-state index contributed by atoms with van der Waals surface area (Å²) in [6, 6.07) is 21.5. The summed E-state index contributed by atoms with van der Waals surface area (Å²) in [6.45, 7) is 0. The van der Waals surface area contributed by atoms with E-state index in [-0.39, 0.29) is 18.0 Å². The molecule has 0 aliphatic heterocycles. The first-order valence-corrected chi connectivity index (χ1v) is 9.37. The number of pyridine rings is 1. The number of carbonyl (C=O) groups excluding carboxylic acids is 1. The lowest BCUT2D eigenvalue weighted by molar-refractivity contribution is 0.0933. The van der Waals surface area contributed by atoms with Crippen LogP contribution in [0.5, 0.6) is 0 Å². The molecule has 2 heterocycles. The highest BCUT2D eigenvalue weighted by molar-refractivity contribution is 5.94. The zero-order chi connectivity index (χ0) is 19.1. The van der Waals surface area contributed by atoms with Gasteiger partial charge in [0, 0.05) is 18.0 Å². The van der Waals surface area contributed by atoms with Crippen LogP contribution in [0.3, 0.4) is 0 Å². The first kappa shape index (κ1) is 16.7. The first-order valence-electron chi connectivity index (χ1n) is 9.37. The average Bonchev–Trinajstić information content (AvgIpc) is 3.30. The van der Waals surface area contributed by atoms with Crippen LogP contribution in [0.25, 0.3) is 16.9 Å². The van der Waals surface area contributed by atoms with E-state index in [0.29, 0.717) is 5.56 Å². The fourth-order valence-corrected chi connectivity index (χ4v) is 3.89. The fourth-order valence-electron chi connectivity index (χ4n) is 3.89. The number of nitrogens with one attached hydrogen (secondary N) is 1. The Hall–Kier alpha value is -3.44. The van der Waals surface area contributed by atoms with Gasteiger partial charge in [0.25, 0.3) is 5.91 Å². The number of fused-ring (bicyclic) bond motifs is 2. The maximum Gasteiger partial charge on any atom is 0.253 e. The Kier molecular flexibility index (Phi) is 3.95. The van der Waals surface area contributed by atoms with Gasteiger partial charge in [-0.15, -0.1) is 0 Å². The van der Waals surface area contributed by atoms with Crippen LogP contribution >= 0.6 is 0 Å². The van der Waals surface area contributed by atoms with Crippen molar-refractivity contribution in [3.8, 4) is 11.3 Å². The summed E-state index contributed by atoms with van der Waals surface area (Å²) < 4.78 is 1.89. The number of amides is 1. The second-order valence-electron chi connectivity index (χ2n) is 7.18. The van der Waals surface area contributed by atoms with E-state index < -0.39 is 0 Å². The second kappa shape index (κ2) is 6.62. The highest BCUT2D eigenvalue weighted by Crippen LogP contribution is 2.29. The van der Waals surface area contributed by atoms with Gasteiger partial charge in [-0.2, -0.15) is 0 Å². The Morgan fingerprint density at radius 1 is 1.00 bits per heavy atom. The van der Waals surface area contributed by atoms with Crippen LogP contribution in [-0.4, -0.2) is 21.3 Å². The third-order valence-electron chi connectivity index (χ3n) is 5.39. The van der Waals surface area contributed by atoms with E-state index in [4.69, 9.17) is 5.73 Å².